The average Bonchev–Trinajstić information content (AvgIpc) is 2.69. The third-order valence-electron chi connectivity index (χ3n) is 3.87. The van der Waals surface area contributed by atoms with Gasteiger partial charge in [0.15, 0.2) is 6.61 Å². The van der Waals surface area contributed by atoms with Gasteiger partial charge in [0.05, 0.1) is 24.0 Å². The van der Waals surface area contributed by atoms with Crippen molar-refractivity contribution in [1.82, 2.24) is 0 Å². The highest BCUT2D eigenvalue weighted by atomic mass is 32.2. The first kappa shape index (κ1) is 19.8. The van der Waals surface area contributed by atoms with E-state index in [-0.39, 0.29) is 12.3 Å². The molecule has 2 aromatic rings. The molecule has 0 radical (unpaired) electrons. The number of benzene rings is 2. The van der Waals surface area contributed by atoms with Crippen LogP contribution in [0.15, 0.2) is 53.4 Å². The molecule has 2 aromatic carbocycles. The van der Waals surface area contributed by atoms with E-state index in [4.69, 9.17) is 9.47 Å². The lowest BCUT2D eigenvalue weighted by Crippen LogP contribution is -2.32. The molecule has 2 N–H and O–H groups in total. The Labute approximate surface area is 166 Å². The Morgan fingerprint density at radius 1 is 1.14 bits per heavy atom. The van der Waals surface area contributed by atoms with Gasteiger partial charge in [-0.2, -0.15) is 0 Å². The van der Waals surface area contributed by atoms with Gasteiger partial charge in [0.1, 0.15) is 5.75 Å². The van der Waals surface area contributed by atoms with Crippen LogP contribution >= 0.6 is 11.8 Å². The number of ether oxygens (including phenoxy) is 2. The summed E-state index contributed by atoms with van der Waals surface area (Å²) in [5.74, 6) is -0.603. The second kappa shape index (κ2) is 9.27. The maximum Gasteiger partial charge on any atom is 0.307 e. The van der Waals surface area contributed by atoms with Crippen LogP contribution in [0.5, 0.6) is 5.75 Å². The van der Waals surface area contributed by atoms with Gasteiger partial charge in [-0.15, -0.1) is 11.8 Å². The number of amides is 2. The van der Waals surface area contributed by atoms with E-state index >= 15 is 0 Å². The highest BCUT2D eigenvalue weighted by Crippen LogP contribution is 2.36. The van der Waals surface area contributed by atoms with Gasteiger partial charge in [-0.05, 0) is 43.3 Å². The molecule has 7 nitrogen and oxygen atoms in total. The standard InChI is InChI=1S/C20H20N2O5S/c1-2-26-14-9-7-13(8-10-14)21-18(23)12-27-19(24)11-17-20(25)22-15-5-3-4-6-16(15)28-17/h3-10,17H,2,11-12H2,1H3,(H,21,23)(H,22,25)/t17-/m0/s1. The fourth-order valence-corrected chi connectivity index (χ4v) is 3.68. The summed E-state index contributed by atoms with van der Waals surface area (Å²) in [6, 6.07) is 14.3. The number of para-hydroxylation sites is 1. The third kappa shape index (κ3) is 5.26. The lowest BCUT2D eigenvalue weighted by Gasteiger charge is -2.23. The predicted octanol–water partition coefficient (Wildman–Crippen LogP) is 3.07. The topological polar surface area (TPSA) is 93.7 Å². The van der Waals surface area contributed by atoms with Crippen LogP contribution in [0, 0.1) is 0 Å². The van der Waals surface area contributed by atoms with E-state index in [1.807, 2.05) is 25.1 Å². The summed E-state index contributed by atoms with van der Waals surface area (Å²) >= 11 is 1.31. The maximum atomic E-state index is 12.1. The molecule has 0 saturated carbocycles. The van der Waals surface area contributed by atoms with Crippen LogP contribution in [0.25, 0.3) is 0 Å². The molecule has 2 amide bonds. The van der Waals surface area contributed by atoms with E-state index in [1.165, 1.54) is 11.8 Å². The Kier molecular flexibility index (Phi) is 6.54. The number of fused-ring (bicyclic) bond motifs is 1. The summed E-state index contributed by atoms with van der Waals surface area (Å²) < 4.78 is 10.3. The summed E-state index contributed by atoms with van der Waals surface area (Å²) in [6.45, 7) is 2.03. The zero-order chi connectivity index (χ0) is 19.9. The summed E-state index contributed by atoms with van der Waals surface area (Å²) in [4.78, 5) is 37.0. The molecule has 1 heterocycles. The van der Waals surface area contributed by atoms with Crippen LogP contribution in [-0.4, -0.2) is 36.2 Å². The van der Waals surface area contributed by atoms with E-state index in [1.54, 1.807) is 30.3 Å². The van der Waals surface area contributed by atoms with Crippen molar-refractivity contribution >= 4 is 40.9 Å². The van der Waals surface area contributed by atoms with Gasteiger partial charge in [-0.1, -0.05) is 12.1 Å². The zero-order valence-electron chi connectivity index (χ0n) is 15.3. The Hall–Kier alpha value is -3.00. The molecule has 1 atom stereocenters. The van der Waals surface area contributed by atoms with Crippen molar-refractivity contribution in [2.75, 3.05) is 23.8 Å². The predicted molar refractivity (Wildman–Crippen MR) is 107 cm³/mol. The second-order valence-electron chi connectivity index (χ2n) is 5.96. The van der Waals surface area contributed by atoms with Crippen molar-refractivity contribution < 1.29 is 23.9 Å². The number of rotatable bonds is 7. The number of hydrogen-bond donors (Lipinski definition) is 2. The van der Waals surface area contributed by atoms with Crippen LogP contribution in [0.1, 0.15) is 13.3 Å². The van der Waals surface area contributed by atoms with Crippen LogP contribution in [0.2, 0.25) is 0 Å². The van der Waals surface area contributed by atoms with Crippen LogP contribution < -0.4 is 15.4 Å². The zero-order valence-corrected chi connectivity index (χ0v) is 16.1. The van der Waals surface area contributed by atoms with Crippen molar-refractivity contribution in [2.24, 2.45) is 0 Å². The first-order valence-corrected chi connectivity index (χ1v) is 9.68. The molecular weight excluding hydrogens is 380 g/mol. The van der Waals surface area contributed by atoms with E-state index in [2.05, 4.69) is 10.6 Å². The lowest BCUT2D eigenvalue weighted by atomic mass is 10.2. The highest BCUT2D eigenvalue weighted by Gasteiger charge is 2.29. The maximum absolute atomic E-state index is 12.1. The van der Waals surface area contributed by atoms with Gasteiger partial charge in [-0.25, -0.2) is 0 Å². The molecule has 0 saturated heterocycles. The summed E-state index contributed by atoms with van der Waals surface area (Å²) in [5.41, 5.74) is 1.31. The Bertz CT molecular complexity index is 869. The number of nitrogens with one attached hydrogen (secondary N) is 2. The smallest absolute Gasteiger partial charge is 0.307 e. The summed E-state index contributed by atoms with van der Waals surface area (Å²) in [6.07, 6.45) is -0.110. The number of anilines is 2. The molecule has 3 rings (SSSR count). The largest absolute Gasteiger partial charge is 0.494 e. The number of hydrogen-bond acceptors (Lipinski definition) is 6. The highest BCUT2D eigenvalue weighted by molar-refractivity contribution is 8.01. The SMILES string of the molecule is CCOc1ccc(NC(=O)COC(=O)C[C@@H]2Sc3ccccc3NC2=O)cc1. The first-order valence-electron chi connectivity index (χ1n) is 8.80. The monoisotopic (exact) mass is 400 g/mol. The number of thioether (sulfide) groups is 1. The third-order valence-corrected chi connectivity index (χ3v) is 5.15. The fourth-order valence-electron chi connectivity index (χ4n) is 2.58. The Morgan fingerprint density at radius 3 is 2.64 bits per heavy atom. The van der Waals surface area contributed by atoms with E-state index in [0.29, 0.717) is 18.0 Å². The molecule has 28 heavy (non-hydrogen) atoms. The Balaban J connectivity index is 1.45. The second-order valence-corrected chi connectivity index (χ2v) is 7.21. The molecule has 0 unspecified atom stereocenters. The first-order chi connectivity index (χ1) is 13.5. The number of esters is 1. The number of carbonyl (C=O) groups excluding carboxylic acids is 3. The summed E-state index contributed by atoms with van der Waals surface area (Å²) in [5, 5.41) is 4.82. The van der Waals surface area contributed by atoms with E-state index in [0.717, 1.165) is 10.6 Å². The van der Waals surface area contributed by atoms with Crippen molar-refractivity contribution in [3.8, 4) is 5.75 Å². The fraction of sp³-hybridized carbons (Fsp3) is 0.250. The van der Waals surface area contributed by atoms with Gasteiger partial charge >= 0.3 is 5.97 Å². The van der Waals surface area contributed by atoms with Crippen molar-refractivity contribution in [1.29, 1.82) is 0 Å². The van der Waals surface area contributed by atoms with Crippen LogP contribution in [0.3, 0.4) is 0 Å². The quantitative estimate of drug-likeness (QED) is 0.694. The molecule has 0 aromatic heterocycles. The van der Waals surface area contributed by atoms with Crippen LogP contribution in [-0.2, 0) is 19.1 Å². The normalized spacial score (nSPS) is 15.2. The molecule has 0 spiro atoms. The molecular formula is C20H20N2O5S. The van der Waals surface area contributed by atoms with Gasteiger partial charge < -0.3 is 20.1 Å². The van der Waals surface area contributed by atoms with E-state index in [9.17, 15) is 14.4 Å². The molecule has 0 aliphatic carbocycles. The van der Waals surface area contributed by atoms with Crippen LogP contribution in [0.4, 0.5) is 11.4 Å². The minimum Gasteiger partial charge on any atom is -0.494 e. The average molecular weight is 400 g/mol. The lowest BCUT2D eigenvalue weighted by molar-refractivity contribution is -0.147. The van der Waals surface area contributed by atoms with Gasteiger partial charge in [0.25, 0.3) is 5.91 Å². The Morgan fingerprint density at radius 2 is 1.89 bits per heavy atom. The summed E-state index contributed by atoms with van der Waals surface area (Å²) in [7, 11) is 0. The minimum absolute atomic E-state index is 0.110. The van der Waals surface area contributed by atoms with Gasteiger partial charge in [0.2, 0.25) is 5.91 Å². The molecule has 8 heteroatoms. The molecule has 0 bridgehead atoms. The van der Waals surface area contributed by atoms with Crippen molar-refractivity contribution in [3.63, 3.8) is 0 Å². The van der Waals surface area contributed by atoms with Gasteiger partial charge in [-0.3, -0.25) is 14.4 Å². The van der Waals surface area contributed by atoms with Crippen molar-refractivity contribution in [3.05, 3.63) is 48.5 Å². The molecule has 0 fully saturated rings. The number of carbonyl (C=O) groups is 3. The van der Waals surface area contributed by atoms with Gasteiger partial charge in [0, 0.05) is 10.6 Å². The minimum atomic E-state index is -0.603. The van der Waals surface area contributed by atoms with Crippen molar-refractivity contribution in [2.45, 2.75) is 23.5 Å². The molecule has 1 aliphatic rings. The molecule has 1 aliphatic heterocycles. The molecule has 146 valence electrons. The van der Waals surface area contributed by atoms with E-state index < -0.39 is 23.7 Å².